The smallest absolute Gasteiger partial charge is 0.307 e. The first-order chi connectivity index (χ1) is 4.50. The fraction of sp³-hybridized carbons (Fsp3) is 0.571. The molecule has 0 amide bonds. The number of ether oxygens (including phenoxy) is 1. The van der Waals surface area contributed by atoms with Crippen molar-refractivity contribution in [2.45, 2.75) is 6.92 Å². The molecule has 0 aromatic carbocycles. The van der Waals surface area contributed by atoms with Gasteiger partial charge in [0.1, 0.15) is 0 Å². The first-order valence-corrected chi connectivity index (χ1v) is 2.89. The van der Waals surface area contributed by atoms with Gasteiger partial charge in [-0.1, -0.05) is 6.58 Å². The lowest BCUT2D eigenvalue weighted by Gasteiger charge is -1.90. The number of nitrogens with zero attached hydrogens (tertiary/aromatic N) is 1. The molecule has 0 N–H and O–H groups in total. The van der Waals surface area contributed by atoms with Crippen LogP contribution < -0.4 is 0 Å². The van der Waals surface area contributed by atoms with E-state index in [-0.39, 0.29) is 18.4 Å². The molecule has 4 heteroatoms. The van der Waals surface area contributed by atoms with Crippen molar-refractivity contribution in [1.29, 1.82) is 0 Å². The molecule has 68 valence electrons. The average molecular weight is 182 g/mol. The number of hydrogen-bond donors (Lipinski definition) is 0. The first-order valence-electron chi connectivity index (χ1n) is 2.89. The Kier molecular flexibility index (Phi) is 18.6. The van der Waals surface area contributed by atoms with E-state index in [1.54, 1.807) is 0 Å². The van der Waals surface area contributed by atoms with Crippen molar-refractivity contribution in [2.24, 2.45) is 0 Å². The van der Waals surface area contributed by atoms with Gasteiger partial charge in [-0.2, -0.15) is 0 Å². The van der Waals surface area contributed by atoms with Gasteiger partial charge in [0.05, 0.1) is 6.26 Å². The van der Waals surface area contributed by atoms with Crippen LogP contribution >= 0.6 is 12.4 Å². The second kappa shape index (κ2) is 12.2. The molecule has 0 rings (SSSR count). The Hall–Kier alpha value is -0.540. The first kappa shape index (κ1) is 16.8. The Morgan fingerprint density at radius 3 is 1.73 bits per heavy atom. The predicted molar refractivity (Wildman–Crippen MR) is 48.8 cm³/mol. The second-order valence-electron chi connectivity index (χ2n) is 2.12. The summed E-state index contributed by atoms with van der Waals surface area (Å²) in [6.45, 7) is 4.48. The summed E-state index contributed by atoms with van der Waals surface area (Å²) in [5.41, 5.74) is 0. The molecule has 0 aromatic heterocycles. The minimum Gasteiger partial charge on any atom is -0.435 e. The van der Waals surface area contributed by atoms with Gasteiger partial charge in [0.25, 0.3) is 0 Å². The highest BCUT2D eigenvalue weighted by molar-refractivity contribution is 5.85. The maximum Gasteiger partial charge on any atom is 0.307 e. The molecular weight excluding hydrogens is 166 g/mol. The fourth-order valence-corrected chi connectivity index (χ4v) is 0.117. The van der Waals surface area contributed by atoms with Crippen LogP contribution in [-0.4, -0.2) is 32.0 Å². The third-order valence-electron chi connectivity index (χ3n) is 0.249. The van der Waals surface area contributed by atoms with E-state index in [1.165, 1.54) is 6.92 Å². The number of hydrogen-bond acceptors (Lipinski definition) is 3. The SMILES string of the molecule is C=COC(C)=O.CN(C)C.Cl. The van der Waals surface area contributed by atoms with Gasteiger partial charge < -0.3 is 9.64 Å². The second-order valence-corrected chi connectivity index (χ2v) is 2.12. The molecule has 0 unspecified atom stereocenters. The van der Waals surface area contributed by atoms with Crippen LogP contribution in [0, 0.1) is 0 Å². The van der Waals surface area contributed by atoms with E-state index in [0.717, 1.165) is 6.26 Å². The zero-order valence-electron chi connectivity index (χ0n) is 7.46. The number of carbonyl (C=O) groups excluding carboxylic acids is 1. The molecule has 0 saturated heterocycles. The molecule has 0 heterocycles. The van der Waals surface area contributed by atoms with Crippen LogP contribution in [0.1, 0.15) is 6.92 Å². The van der Waals surface area contributed by atoms with Crippen LogP contribution in [0.3, 0.4) is 0 Å². The minimum atomic E-state index is -0.329. The third kappa shape index (κ3) is 87.0. The maximum atomic E-state index is 9.75. The molecule has 0 saturated carbocycles. The monoisotopic (exact) mass is 181 g/mol. The van der Waals surface area contributed by atoms with Crippen LogP contribution in [0.5, 0.6) is 0 Å². The van der Waals surface area contributed by atoms with Crippen molar-refractivity contribution in [2.75, 3.05) is 21.1 Å². The highest BCUT2D eigenvalue weighted by Gasteiger charge is 1.79. The maximum absolute atomic E-state index is 9.75. The van der Waals surface area contributed by atoms with Gasteiger partial charge in [0.2, 0.25) is 0 Å². The molecule has 0 spiro atoms. The standard InChI is InChI=1S/C4H6O2.C3H9N.ClH/c1-3-6-4(2)5;1-4(2)3;/h3H,1H2,2H3;1-3H3;1H. The van der Waals surface area contributed by atoms with Gasteiger partial charge in [-0.05, 0) is 21.1 Å². The van der Waals surface area contributed by atoms with Gasteiger partial charge in [0.15, 0.2) is 0 Å². The molecule has 0 aromatic rings. The zero-order chi connectivity index (χ0) is 8.57. The molecule has 0 aliphatic carbocycles. The number of rotatable bonds is 1. The van der Waals surface area contributed by atoms with Crippen molar-refractivity contribution >= 4 is 18.4 Å². The predicted octanol–water partition coefficient (Wildman–Crippen LogP) is 1.29. The Balaban J connectivity index is -0.000000114. The molecule has 3 nitrogen and oxygen atoms in total. The average Bonchev–Trinajstić information content (AvgIpc) is 1.62. The molecule has 0 aliphatic heterocycles. The van der Waals surface area contributed by atoms with E-state index in [2.05, 4.69) is 11.3 Å². The molecule has 11 heavy (non-hydrogen) atoms. The summed E-state index contributed by atoms with van der Waals surface area (Å²) in [5.74, 6) is -0.329. The summed E-state index contributed by atoms with van der Waals surface area (Å²) in [6.07, 6.45) is 1.10. The normalized spacial score (nSPS) is 7.00. The van der Waals surface area contributed by atoms with E-state index in [1.807, 2.05) is 26.0 Å². The lowest BCUT2D eigenvalue weighted by molar-refractivity contribution is -0.135. The largest absolute Gasteiger partial charge is 0.435 e. The number of carbonyl (C=O) groups is 1. The van der Waals surface area contributed by atoms with Crippen LogP contribution in [0.2, 0.25) is 0 Å². The van der Waals surface area contributed by atoms with Gasteiger partial charge in [0, 0.05) is 6.92 Å². The van der Waals surface area contributed by atoms with Gasteiger partial charge in [-0.15, -0.1) is 12.4 Å². The lowest BCUT2D eigenvalue weighted by atomic mass is 10.8. The molecule has 0 bridgehead atoms. The summed E-state index contributed by atoms with van der Waals surface area (Å²) >= 11 is 0. The van der Waals surface area contributed by atoms with Gasteiger partial charge in [-0.25, -0.2) is 0 Å². The summed E-state index contributed by atoms with van der Waals surface area (Å²) in [7, 11) is 6.00. The van der Waals surface area contributed by atoms with Crippen LogP contribution in [0.25, 0.3) is 0 Å². The number of halogens is 1. The fourth-order valence-electron chi connectivity index (χ4n) is 0.117. The highest BCUT2D eigenvalue weighted by Crippen LogP contribution is 1.70. The molecular formula is C7H16ClNO2. The van der Waals surface area contributed by atoms with E-state index < -0.39 is 0 Å². The van der Waals surface area contributed by atoms with Crippen molar-refractivity contribution in [3.63, 3.8) is 0 Å². The van der Waals surface area contributed by atoms with E-state index in [9.17, 15) is 4.79 Å². The Morgan fingerprint density at radius 2 is 1.73 bits per heavy atom. The van der Waals surface area contributed by atoms with E-state index in [4.69, 9.17) is 0 Å². The van der Waals surface area contributed by atoms with Crippen molar-refractivity contribution < 1.29 is 9.53 Å². The van der Waals surface area contributed by atoms with Crippen molar-refractivity contribution in [1.82, 2.24) is 4.90 Å². The summed E-state index contributed by atoms with van der Waals surface area (Å²) in [4.78, 5) is 11.8. The lowest BCUT2D eigenvalue weighted by Crippen LogP contribution is -1.99. The Bertz CT molecular complexity index is 102. The van der Waals surface area contributed by atoms with Crippen molar-refractivity contribution in [3.8, 4) is 0 Å². The van der Waals surface area contributed by atoms with E-state index in [0.29, 0.717) is 0 Å². The molecule has 0 radical (unpaired) electrons. The summed E-state index contributed by atoms with van der Waals surface area (Å²) < 4.78 is 4.17. The summed E-state index contributed by atoms with van der Waals surface area (Å²) in [6, 6.07) is 0. The molecule has 0 fully saturated rings. The quantitative estimate of drug-likeness (QED) is 0.451. The molecule has 0 atom stereocenters. The van der Waals surface area contributed by atoms with Crippen LogP contribution in [-0.2, 0) is 9.53 Å². The van der Waals surface area contributed by atoms with Crippen LogP contribution in [0.4, 0.5) is 0 Å². The van der Waals surface area contributed by atoms with Gasteiger partial charge in [-0.3, -0.25) is 4.79 Å². The molecule has 0 aliphatic rings. The zero-order valence-corrected chi connectivity index (χ0v) is 8.27. The highest BCUT2D eigenvalue weighted by atomic mass is 35.5. The Morgan fingerprint density at radius 1 is 1.45 bits per heavy atom. The number of esters is 1. The van der Waals surface area contributed by atoms with Gasteiger partial charge >= 0.3 is 5.97 Å². The van der Waals surface area contributed by atoms with Crippen LogP contribution in [0.15, 0.2) is 12.8 Å². The third-order valence-corrected chi connectivity index (χ3v) is 0.249. The topological polar surface area (TPSA) is 29.5 Å². The Labute approximate surface area is 74.4 Å². The summed E-state index contributed by atoms with van der Waals surface area (Å²) in [5, 5.41) is 0. The van der Waals surface area contributed by atoms with Crippen molar-refractivity contribution in [3.05, 3.63) is 12.8 Å². The van der Waals surface area contributed by atoms with E-state index >= 15 is 0 Å². The minimum absolute atomic E-state index is 0.